The van der Waals surface area contributed by atoms with E-state index in [1.807, 2.05) is 0 Å². The number of alkyl halides is 7. The quantitative estimate of drug-likeness (QED) is 0.289. The molecule has 0 aliphatic heterocycles. The number of hydrogen-bond acceptors (Lipinski definition) is 1. The van der Waals surface area contributed by atoms with E-state index in [9.17, 15) is 35.1 Å². The fraction of sp³-hybridized carbons (Fsp3) is 0.200. The monoisotopic (exact) mass is 527 g/mol. The molecule has 0 unspecified atom stereocenters. The second kappa shape index (κ2) is 7.31. The van der Waals surface area contributed by atoms with Crippen molar-refractivity contribution >= 4 is 43.6 Å². The van der Waals surface area contributed by atoms with Gasteiger partial charge in [-0.2, -0.15) is 30.7 Å². The lowest BCUT2D eigenvalue weighted by Crippen LogP contribution is -2.49. The van der Waals surface area contributed by atoms with Crippen molar-refractivity contribution in [2.24, 2.45) is 0 Å². The van der Waals surface area contributed by atoms with Crippen LogP contribution in [-0.4, -0.2) is 17.4 Å². The Balaban J connectivity index is 2.63. The summed E-state index contributed by atoms with van der Waals surface area (Å²) in [5.74, 6) is -7.17. The lowest BCUT2D eigenvalue weighted by molar-refractivity contribution is -0.330. The average Bonchev–Trinajstić information content (AvgIpc) is 2.46. The van der Waals surface area contributed by atoms with Crippen molar-refractivity contribution in [3.05, 3.63) is 51.2 Å². The van der Waals surface area contributed by atoms with E-state index in [0.29, 0.717) is 0 Å². The summed E-state index contributed by atoms with van der Waals surface area (Å²) >= 11 is 4.82. The molecule has 0 fully saturated rings. The van der Waals surface area contributed by atoms with Crippen LogP contribution >= 0.6 is 43.6 Å². The summed E-state index contributed by atoms with van der Waals surface area (Å²) < 4.78 is 105. The predicted octanol–water partition coefficient (Wildman–Crippen LogP) is 7.70. The minimum Gasteiger partial charge on any atom is -0.206 e. The maximum absolute atomic E-state index is 14.0. The molecule has 0 saturated heterocycles. The zero-order chi connectivity index (χ0) is 19.9. The molecule has 0 heterocycles. The van der Waals surface area contributed by atoms with Gasteiger partial charge in [-0.15, -0.1) is 0 Å². The van der Waals surface area contributed by atoms with E-state index in [-0.39, 0.29) is 20.1 Å². The van der Waals surface area contributed by atoms with Crippen LogP contribution < -0.4 is 0 Å². The van der Waals surface area contributed by atoms with Crippen molar-refractivity contribution in [2.45, 2.75) is 22.2 Å². The van der Waals surface area contributed by atoms with Crippen LogP contribution in [0, 0.1) is 11.9 Å². The minimum atomic E-state index is -6.46. The summed E-state index contributed by atoms with van der Waals surface area (Å²) in [6.07, 6.45) is -6.46. The van der Waals surface area contributed by atoms with E-state index < -0.39 is 39.8 Å². The Morgan fingerprint density at radius 2 is 1.50 bits per heavy atom. The molecule has 0 saturated carbocycles. The van der Waals surface area contributed by atoms with Crippen LogP contribution in [0.15, 0.2) is 44.2 Å². The molecule has 2 rings (SSSR count). The van der Waals surface area contributed by atoms with E-state index in [1.165, 1.54) is 18.2 Å². The fourth-order valence-electron chi connectivity index (χ4n) is 1.86. The van der Waals surface area contributed by atoms with Gasteiger partial charge in [0.15, 0.2) is 0 Å². The lowest BCUT2D eigenvalue weighted by Gasteiger charge is -2.28. The maximum Gasteiger partial charge on any atom is 0.460 e. The van der Waals surface area contributed by atoms with Gasteiger partial charge in [0.05, 0.1) is 0 Å². The van der Waals surface area contributed by atoms with Gasteiger partial charge >= 0.3 is 17.4 Å². The first-order valence-electron chi connectivity index (χ1n) is 6.45. The number of halogens is 10. The molecule has 2 aromatic carbocycles. The largest absolute Gasteiger partial charge is 0.460 e. The molecule has 0 aliphatic carbocycles. The first-order chi connectivity index (χ1) is 11.8. The van der Waals surface area contributed by atoms with E-state index in [4.69, 9.17) is 0 Å². The molecule has 0 N–H and O–H groups in total. The number of rotatable bonds is 4. The molecule has 0 spiro atoms. The number of thioether (sulfide) groups is 1. The zero-order valence-corrected chi connectivity index (χ0v) is 16.1. The van der Waals surface area contributed by atoms with Gasteiger partial charge in [-0.3, -0.25) is 0 Å². The summed E-state index contributed by atoms with van der Waals surface area (Å²) in [4.78, 5) is -0.693. The highest BCUT2D eigenvalue weighted by Gasteiger charge is 2.73. The first-order valence-corrected chi connectivity index (χ1v) is 8.86. The smallest absolute Gasteiger partial charge is 0.206 e. The standard InChI is InChI=1S/C15H5Br2F8S/c16-7-5-9(17)12(8-3-1-2-4-10(8)18)11(6-7)26-15(24,25)13(19,20)14(21,22)23/h1-4,6H. The van der Waals surface area contributed by atoms with Crippen LogP contribution in [0.25, 0.3) is 11.1 Å². The topological polar surface area (TPSA) is 0 Å². The van der Waals surface area contributed by atoms with Gasteiger partial charge in [-0.1, -0.05) is 34.1 Å². The summed E-state index contributed by atoms with van der Waals surface area (Å²) in [7, 11) is 0. The predicted molar refractivity (Wildman–Crippen MR) is 87.9 cm³/mol. The van der Waals surface area contributed by atoms with Crippen LogP contribution in [0.2, 0.25) is 0 Å². The van der Waals surface area contributed by atoms with Crippen LogP contribution in [0.5, 0.6) is 0 Å². The molecule has 0 bridgehead atoms. The molecule has 0 amide bonds. The summed E-state index contributed by atoms with van der Waals surface area (Å²) in [5.41, 5.74) is -0.592. The fourth-order valence-corrected chi connectivity index (χ4v) is 4.49. The van der Waals surface area contributed by atoms with Crippen LogP contribution in [0.3, 0.4) is 0 Å². The highest BCUT2D eigenvalue weighted by molar-refractivity contribution is 9.11. The second-order valence-electron chi connectivity index (χ2n) is 4.84. The van der Waals surface area contributed by atoms with E-state index in [1.54, 1.807) is 0 Å². The van der Waals surface area contributed by atoms with Gasteiger partial charge in [-0.05, 0) is 39.8 Å². The zero-order valence-electron chi connectivity index (χ0n) is 12.1. The van der Waals surface area contributed by atoms with Gasteiger partial charge in [0.1, 0.15) is 5.82 Å². The van der Waals surface area contributed by atoms with Gasteiger partial charge in [0.25, 0.3) is 0 Å². The van der Waals surface area contributed by atoms with Crippen molar-refractivity contribution in [1.82, 2.24) is 0 Å². The van der Waals surface area contributed by atoms with Crippen molar-refractivity contribution in [3.63, 3.8) is 0 Å². The highest BCUT2D eigenvalue weighted by atomic mass is 79.9. The lowest BCUT2D eigenvalue weighted by atomic mass is 10.1. The van der Waals surface area contributed by atoms with Crippen LogP contribution in [0.4, 0.5) is 35.1 Å². The molecule has 26 heavy (non-hydrogen) atoms. The molecule has 11 heteroatoms. The maximum atomic E-state index is 14.0. The van der Waals surface area contributed by atoms with Crippen molar-refractivity contribution in [2.75, 3.05) is 0 Å². The third kappa shape index (κ3) is 4.04. The molecular formula is C15H5Br2F8S. The SMILES string of the molecule is Fc1ccccc1-c1c(Br)[c]c(Br)cc1SC(F)(F)C(F)(F)C(F)(F)F. The number of benzene rings is 2. The highest BCUT2D eigenvalue weighted by Crippen LogP contribution is 2.56. The minimum absolute atomic E-state index is 0.00177. The molecule has 2 aromatic rings. The van der Waals surface area contributed by atoms with Gasteiger partial charge in [0.2, 0.25) is 0 Å². The van der Waals surface area contributed by atoms with Gasteiger partial charge in [-0.25, -0.2) is 4.39 Å². The second-order valence-corrected chi connectivity index (χ2v) is 7.65. The van der Waals surface area contributed by atoms with E-state index in [2.05, 4.69) is 37.9 Å². The Bertz CT molecular complexity index is 820. The molecule has 1 radical (unpaired) electrons. The number of hydrogen-bond donors (Lipinski definition) is 0. The molecule has 0 aromatic heterocycles. The first kappa shape index (κ1) is 21.5. The Labute approximate surface area is 163 Å². The molecule has 141 valence electrons. The van der Waals surface area contributed by atoms with Gasteiger partial charge in [0, 0.05) is 31.0 Å². The summed E-state index contributed by atoms with van der Waals surface area (Å²) in [6.45, 7) is 0. The Morgan fingerprint density at radius 3 is 2.04 bits per heavy atom. The molecular weight excluding hydrogens is 524 g/mol. The average molecular weight is 529 g/mol. The third-order valence-electron chi connectivity index (χ3n) is 3.06. The van der Waals surface area contributed by atoms with Crippen molar-refractivity contribution in [3.8, 4) is 11.1 Å². The van der Waals surface area contributed by atoms with Gasteiger partial charge < -0.3 is 0 Å². The Morgan fingerprint density at radius 1 is 0.923 bits per heavy atom. The Hall–Kier alpha value is -0.810. The van der Waals surface area contributed by atoms with E-state index >= 15 is 0 Å². The Kier molecular flexibility index (Phi) is 6.04. The van der Waals surface area contributed by atoms with Crippen LogP contribution in [-0.2, 0) is 0 Å². The molecule has 0 aliphatic rings. The van der Waals surface area contributed by atoms with E-state index in [0.717, 1.165) is 12.1 Å². The van der Waals surface area contributed by atoms with Crippen molar-refractivity contribution < 1.29 is 35.1 Å². The summed E-state index contributed by atoms with van der Waals surface area (Å²) in [5, 5.41) is -5.54. The van der Waals surface area contributed by atoms with Crippen LogP contribution in [0.1, 0.15) is 0 Å². The molecule has 0 atom stereocenters. The summed E-state index contributed by atoms with van der Waals surface area (Å²) in [6, 6.07) is 8.22. The molecule has 0 nitrogen and oxygen atoms in total. The third-order valence-corrected chi connectivity index (χ3v) is 5.13. The normalized spacial score (nSPS) is 13.2. The van der Waals surface area contributed by atoms with Crippen molar-refractivity contribution in [1.29, 1.82) is 0 Å².